The predicted molar refractivity (Wildman–Crippen MR) is 178 cm³/mol. The largest absolute Gasteiger partial charge is 0.496 e. The molecule has 4 rings (SSSR count). The molecule has 0 aliphatic carbocycles. The van der Waals surface area contributed by atoms with Crippen molar-refractivity contribution in [3.63, 3.8) is 0 Å². The van der Waals surface area contributed by atoms with E-state index in [9.17, 15) is 18.0 Å². The van der Waals surface area contributed by atoms with Gasteiger partial charge in [0.2, 0.25) is 0 Å². The van der Waals surface area contributed by atoms with E-state index in [1.807, 2.05) is 25.1 Å². The van der Waals surface area contributed by atoms with Crippen LogP contribution in [0.2, 0.25) is 0 Å². The molecule has 0 heterocycles. The summed E-state index contributed by atoms with van der Waals surface area (Å²) in [6, 6.07) is 23.2. The van der Waals surface area contributed by atoms with Crippen molar-refractivity contribution in [1.82, 2.24) is 5.32 Å². The van der Waals surface area contributed by atoms with Crippen LogP contribution >= 0.6 is 0 Å². The smallest absolute Gasteiger partial charge is 0.323 e. The molecule has 0 aliphatic rings. The average molecular weight is 650 g/mol. The Morgan fingerprint density at radius 2 is 1.35 bits per heavy atom. The van der Waals surface area contributed by atoms with Crippen LogP contribution < -0.4 is 30.2 Å². The first-order valence-corrected chi connectivity index (χ1v) is 15.6. The van der Waals surface area contributed by atoms with Gasteiger partial charge in [-0.05, 0) is 84.6 Å². The number of urea groups is 1. The molecule has 0 spiro atoms. The molecule has 0 saturated carbocycles. The Balaban J connectivity index is 0.000000441. The minimum absolute atomic E-state index is 0.0666. The number of aryl methyl sites for hydroxylation is 1. The van der Waals surface area contributed by atoms with Gasteiger partial charge in [0, 0.05) is 12.7 Å². The maximum Gasteiger partial charge on any atom is 0.323 e. The van der Waals surface area contributed by atoms with Gasteiger partial charge in [0.15, 0.2) is 0 Å². The van der Waals surface area contributed by atoms with Gasteiger partial charge >= 0.3 is 6.03 Å². The van der Waals surface area contributed by atoms with E-state index >= 15 is 0 Å². The van der Waals surface area contributed by atoms with E-state index < -0.39 is 16.1 Å². The summed E-state index contributed by atoms with van der Waals surface area (Å²) in [5.41, 5.74) is 3.50. The number of methoxy groups -OCH3 is 2. The number of benzene rings is 4. The molecular weight excluding hydrogens is 610 g/mol. The molecule has 0 aromatic heterocycles. The number of carbonyl (C=O) groups excluding carboxylic acids is 2. The van der Waals surface area contributed by atoms with Gasteiger partial charge in [0.25, 0.3) is 16.0 Å². The van der Waals surface area contributed by atoms with Gasteiger partial charge in [0.05, 0.1) is 30.4 Å². The van der Waals surface area contributed by atoms with Crippen LogP contribution in [0.3, 0.4) is 0 Å². The summed E-state index contributed by atoms with van der Waals surface area (Å²) in [7, 11) is 0.596. The van der Waals surface area contributed by atoms with E-state index in [2.05, 4.69) is 36.7 Å². The second-order valence-electron chi connectivity index (χ2n) is 11.1. The molecule has 4 aromatic carbocycles. The van der Waals surface area contributed by atoms with Gasteiger partial charge in [0.1, 0.15) is 23.0 Å². The lowest BCUT2D eigenvalue weighted by atomic mass is 9.87. The molecule has 0 atom stereocenters. The fraction of sp³-hybridized carbons (Fsp3) is 0.235. The van der Waals surface area contributed by atoms with Crippen LogP contribution in [0.1, 0.15) is 42.3 Å². The summed E-state index contributed by atoms with van der Waals surface area (Å²) >= 11 is 0. The van der Waals surface area contributed by atoms with Crippen molar-refractivity contribution in [2.24, 2.45) is 0 Å². The van der Waals surface area contributed by atoms with Gasteiger partial charge in [-0.1, -0.05) is 44.5 Å². The minimum Gasteiger partial charge on any atom is -0.496 e. The average Bonchev–Trinajstić information content (AvgIpc) is 3.01. The van der Waals surface area contributed by atoms with Crippen molar-refractivity contribution in [3.05, 3.63) is 102 Å². The van der Waals surface area contributed by atoms with Crippen molar-refractivity contribution < 1.29 is 36.8 Å². The molecule has 4 aromatic rings. The van der Waals surface area contributed by atoms with Crippen molar-refractivity contribution >= 4 is 33.4 Å². The third kappa shape index (κ3) is 9.98. The molecule has 0 aliphatic heterocycles. The van der Waals surface area contributed by atoms with Crippen LogP contribution in [0.4, 0.5) is 16.2 Å². The molecule has 12 heteroatoms. The van der Waals surface area contributed by atoms with Gasteiger partial charge in [-0.3, -0.25) is 9.35 Å². The van der Waals surface area contributed by atoms with Crippen molar-refractivity contribution in [1.29, 1.82) is 0 Å². The monoisotopic (exact) mass is 649 g/mol. The molecule has 0 unspecified atom stereocenters. The van der Waals surface area contributed by atoms with Gasteiger partial charge in [-0.15, -0.1) is 0 Å². The topological polar surface area (TPSA) is 152 Å². The first-order chi connectivity index (χ1) is 21.6. The van der Waals surface area contributed by atoms with Crippen molar-refractivity contribution in [3.8, 4) is 23.0 Å². The van der Waals surface area contributed by atoms with Crippen LogP contribution in [0.15, 0.2) is 89.8 Å². The maximum atomic E-state index is 12.6. The fourth-order valence-electron chi connectivity index (χ4n) is 4.07. The van der Waals surface area contributed by atoms with Gasteiger partial charge < -0.3 is 30.2 Å². The highest BCUT2D eigenvalue weighted by molar-refractivity contribution is 7.85. The number of ether oxygens (including phenoxy) is 3. The van der Waals surface area contributed by atoms with Crippen molar-refractivity contribution in [2.45, 2.75) is 38.0 Å². The quantitative estimate of drug-likeness (QED) is 0.148. The number of hydrogen-bond donors (Lipinski definition) is 4. The van der Waals surface area contributed by atoms with E-state index in [0.717, 1.165) is 11.1 Å². The Kier molecular flexibility index (Phi) is 11.8. The van der Waals surface area contributed by atoms with Crippen molar-refractivity contribution in [2.75, 3.05) is 31.9 Å². The van der Waals surface area contributed by atoms with Gasteiger partial charge in [-0.25, -0.2) is 4.79 Å². The Bertz CT molecular complexity index is 1770. The first-order valence-electron chi connectivity index (χ1n) is 14.1. The molecule has 244 valence electrons. The highest BCUT2D eigenvalue weighted by Gasteiger charge is 2.17. The van der Waals surface area contributed by atoms with Crippen LogP contribution in [-0.2, 0) is 15.5 Å². The van der Waals surface area contributed by atoms with Gasteiger partial charge in [-0.2, -0.15) is 8.42 Å². The number of hydrogen-bond acceptors (Lipinski definition) is 7. The highest BCUT2D eigenvalue weighted by Crippen LogP contribution is 2.32. The molecular formula is C34H39N3O8S. The Labute approximate surface area is 269 Å². The zero-order valence-electron chi connectivity index (χ0n) is 26.8. The standard InChI is InChI=1S/C27H31N3O5.C7H8O3S/c1-27(2,3)17-7-13-24(34-6)22(15-17)30-26(32)29-18-8-10-19(11-9-18)35-20-12-14-23(33-5)21(16-20)25(31)28-4;1-6-2-4-7(5-3-6)11(8,9)10/h7-16H,1-6H3,(H,28,31)(H2,29,30,32);2-5H,1H3,(H,8,9,10). The van der Waals surface area contributed by atoms with E-state index in [4.69, 9.17) is 18.8 Å². The Morgan fingerprint density at radius 3 is 1.89 bits per heavy atom. The number of carbonyl (C=O) groups is 2. The summed E-state index contributed by atoms with van der Waals surface area (Å²) in [5.74, 6) is 1.78. The third-order valence-electron chi connectivity index (χ3n) is 6.62. The Morgan fingerprint density at radius 1 is 0.761 bits per heavy atom. The molecule has 0 bridgehead atoms. The zero-order chi connectivity index (χ0) is 34.1. The van der Waals surface area contributed by atoms with Crippen LogP contribution in [-0.4, -0.2) is 46.2 Å². The number of rotatable bonds is 8. The predicted octanol–water partition coefficient (Wildman–Crippen LogP) is 7.04. The molecule has 4 N–H and O–H groups in total. The summed E-state index contributed by atoms with van der Waals surface area (Å²) in [4.78, 5) is 24.6. The normalized spacial score (nSPS) is 11.0. The number of nitrogens with one attached hydrogen (secondary N) is 3. The van der Waals surface area contributed by atoms with E-state index in [1.54, 1.807) is 68.8 Å². The molecule has 0 saturated heterocycles. The highest BCUT2D eigenvalue weighted by atomic mass is 32.2. The lowest BCUT2D eigenvalue weighted by Crippen LogP contribution is -2.20. The third-order valence-corrected chi connectivity index (χ3v) is 7.49. The van der Waals surface area contributed by atoms with E-state index in [1.165, 1.54) is 19.2 Å². The molecule has 0 fully saturated rings. The van der Waals surface area contributed by atoms with E-state index in [0.29, 0.717) is 39.9 Å². The Hall–Kier alpha value is -5.07. The SMILES string of the molecule is CNC(=O)c1cc(Oc2ccc(NC(=O)Nc3cc(C(C)(C)C)ccc3OC)cc2)ccc1OC.Cc1ccc(S(=O)(=O)O)cc1. The second kappa shape index (κ2) is 15.3. The summed E-state index contributed by atoms with van der Waals surface area (Å²) in [6.07, 6.45) is 0. The number of amides is 3. The molecule has 0 radical (unpaired) electrons. The van der Waals surface area contributed by atoms with E-state index in [-0.39, 0.29) is 16.2 Å². The molecule has 3 amide bonds. The molecule has 46 heavy (non-hydrogen) atoms. The summed E-state index contributed by atoms with van der Waals surface area (Å²) in [6.45, 7) is 8.16. The van der Waals surface area contributed by atoms with Crippen LogP contribution in [0.25, 0.3) is 0 Å². The first kappa shape index (κ1) is 35.4. The number of anilines is 2. The lowest BCUT2D eigenvalue weighted by molar-refractivity contribution is 0.0959. The maximum absolute atomic E-state index is 12.6. The van der Waals surface area contributed by atoms with Crippen LogP contribution in [0.5, 0.6) is 23.0 Å². The fourth-order valence-corrected chi connectivity index (χ4v) is 4.55. The summed E-state index contributed by atoms with van der Waals surface area (Å²) < 4.78 is 46.0. The minimum atomic E-state index is -4.02. The molecule has 11 nitrogen and oxygen atoms in total. The summed E-state index contributed by atoms with van der Waals surface area (Å²) in [5, 5.41) is 8.24. The van der Waals surface area contributed by atoms with Crippen LogP contribution in [0, 0.1) is 6.92 Å². The second-order valence-corrected chi connectivity index (χ2v) is 12.5. The zero-order valence-corrected chi connectivity index (χ0v) is 27.6. The lowest BCUT2D eigenvalue weighted by Gasteiger charge is -2.21.